The van der Waals surface area contributed by atoms with E-state index in [1.807, 2.05) is 0 Å². The van der Waals surface area contributed by atoms with Gasteiger partial charge in [-0.1, -0.05) is 108 Å². The fraction of sp³-hybridized carbons (Fsp3) is 0.871. The molecule has 2 aliphatic carbocycles. The molecule has 0 aromatic carbocycles. The third-order valence-electron chi connectivity index (χ3n) is 8.35. The summed E-state index contributed by atoms with van der Waals surface area (Å²) in [6.07, 6.45) is 0.826. The van der Waals surface area contributed by atoms with Crippen molar-refractivity contribution in [3.63, 3.8) is 0 Å². The van der Waals surface area contributed by atoms with Crippen LogP contribution in [-0.2, 0) is 19.1 Å². The van der Waals surface area contributed by atoms with Crippen LogP contribution in [0.25, 0.3) is 0 Å². The van der Waals surface area contributed by atoms with Gasteiger partial charge in [0, 0.05) is 0 Å². The number of carbonyl (C=O) groups excluding carboxylic acids is 2. The zero-order valence-electron chi connectivity index (χ0n) is 25.2. The molecule has 0 radical (unpaired) electrons. The molecule has 35 heavy (non-hydrogen) atoms. The third-order valence-corrected chi connectivity index (χ3v) is 8.35. The summed E-state index contributed by atoms with van der Waals surface area (Å²) in [5, 5.41) is 0. The van der Waals surface area contributed by atoms with Crippen molar-refractivity contribution in [2.24, 2.45) is 57.2 Å². The molecular formula is C31H54O4. The number of allylic oxidation sites excluding steroid dienone is 2. The van der Waals surface area contributed by atoms with Gasteiger partial charge in [-0.15, -0.1) is 0 Å². The van der Waals surface area contributed by atoms with Gasteiger partial charge < -0.3 is 9.47 Å². The second-order valence-corrected chi connectivity index (χ2v) is 14.9. The van der Waals surface area contributed by atoms with Crippen molar-refractivity contribution in [1.29, 1.82) is 0 Å². The lowest BCUT2D eigenvalue weighted by molar-refractivity contribution is -0.199. The van der Waals surface area contributed by atoms with E-state index >= 15 is 0 Å². The van der Waals surface area contributed by atoms with E-state index in [0.717, 1.165) is 6.42 Å². The minimum atomic E-state index is -0.954. The Kier molecular flexibility index (Phi) is 8.42. The molecule has 0 aliphatic heterocycles. The summed E-state index contributed by atoms with van der Waals surface area (Å²) in [5.74, 6) is 0.0333. The molecule has 0 heterocycles. The number of ether oxygens (including phenoxy) is 2. The van der Waals surface area contributed by atoms with Crippen LogP contribution in [-0.4, -0.2) is 25.2 Å². The highest BCUT2D eigenvalue weighted by atomic mass is 16.5. The van der Waals surface area contributed by atoms with Gasteiger partial charge in [0.25, 0.3) is 0 Å². The normalized spacial score (nSPS) is 29.2. The first-order valence-corrected chi connectivity index (χ1v) is 13.8. The first kappa shape index (κ1) is 29.9. The van der Waals surface area contributed by atoms with Gasteiger partial charge in [0.05, 0.1) is 24.0 Å². The SMILES string of the molecule is CC(C)C1=C(C(C)C)C2CC1C(C(=O)OCC(C)(C)C)(C(C)C)C2(C(=O)OCC(C)(C)C)C(C)C. The maximum Gasteiger partial charge on any atom is 0.314 e. The standard InChI is InChI=1S/C31H54O4/c1-18(2)24-22-15-23(25(24)19(3)4)31(21(7)8,27(33)35-17-29(12,13)14)30(22,20(5)6)26(32)34-16-28(9,10)11/h18-23H,15-17H2,1-14H3. The maximum absolute atomic E-state index is 14.5. The van der Waals surface area contributed by atoms with Crippen LogP contribution >= 0.6 is 0 Å². The van der Waals surface area contributed by atoms with Crippen molar-refractivity contribution in [3.8, 4) is 0 Å². The number of esters is 2. The van der Waals surface area contributed by atoms with Gasteiger partial charge in [-0.2, -0.15) is 0 Å². The summed E-state index contributed by atoms with van der Waals surface area (Å²) < 4.78 is 12.3. The van der Waals surface area contributed by atoms with E-state index in [-0.39, 0.29) is 46.4 Å². The van der Waals surface area contributed by atoms with Gasteiger partial charge in [0.1, 0.15) is 0 Å². The largest absolute Gasteiger partial charge is 0.465 e. The number of hydrogen-bond donors (Lipinski definition) is 0. The summed E-state index contributed by atoms with van der Waals surface area (Å²) in [7, 11) is 0. The van der Waals surface area contributed by atoms with Crippen LogP contribution in [0.4, 0.5) is 0 Å². The van der Waals surface area contributed by atoms with Crippen molar-refractivity contribution >= 4 is 11.9 Å². The average Bonchev–Trinajstić information content (AvgIpc) is 3.22. The van der Waals surface area contributed by atoms with Gasteiger partial charge in [-0.3, -0.25) is 9.59 Å². The van der Waals surface area contributed by atoms with Crippen molar-refractivity contribution in [2.45, 2.75) is 103 Å². The molecule has 0 aromatic heterocycles. The van der Waals surface area contributed by atoms with E-state index in [9.17, 15) is 9.59 Å². The van der Waals surface area contributed by atoms with E-state index in [1.54, 1.807) is 0 Å². The molecule has 0 saturated heterocycles. The molecule has 4 unspecified atom stereocenters. The Bertz CT molecular complexity index is 765. The van der Waals surface area contributed by atoms with Crippen LogP contribution in [0.3, 0.4) is 0 Å². The lowest BCUT2D eigenvalue weighted by Crippen LogP contribution is -2.63. The van der Waals surface area contributed by atoms with Gasteiger partial charge in [0.2, 0.25) is 0 Å². The monoisotopic (exact) mass is 490 g/mol. The Morgan fingerprint density at radius 1 is 0.686 bits per heavy atom. The summed E-state index contributed by atoms with van der Waals surface area (Å²) >= 11 is 0. The molecule has 0 aromatic rings. The lowest BCUT2D eigenvalue weighted by atomic mass is 9.46. The Morgan fingerprint density at radius 3 is 1.17 bits per heavy atom. The van der Waals surface area contributed by atoms with Crippen LogP contribution < -0.4 is 0 Å². The van der Waals surface area contributed by atoms with Crippen LogP contribution in [0.5, 0.6) is 0 Å². The number of carbonyl (C=O) groups is 2. The molecule has 4 heteroatoms. The molecule has 202 valence electrons. The van der Waals surface area contributed by atoms with E-state index in [4.69, 9.17) is 9.47 Å². The fourth-order valence-corrected chi connectivity index (χ4v) is 7.46. The number of rotatable bonds is 8. The van der Waals surface area contributed by atoms with E-state index in [1.165, 1.54) is 11.1 Å². The van der Waals surface area contributed by atoms with Crippen LogP contribution in [0.1, 0.15) is 103 Å². The minimum absolute atomic E-state index is 0.0121. The highest BCUT2D eigenvalue weighted by Crippen LogP contribution is 2.75. The molecule has 1 saturated carbocycles. The predicted octanol–water partition coefficient (Wildman–Crippen LogP) is 7.71. The Labute approximate surface area is 216 Å². The van der Waals surface area contributed by atoms with Crippen molar-refractivity contribution in [2.75, 3.05) is 13.2 Å². The highest BCUT2D eigenvalue weighted by molar-refractivity contribution is 5.92. The van der Waals surface area contributed by atoms with Crippen molar-refractivity contribution in [3.05, 3.63) is 11.1 Å². The number of fused-ring (bicyclic) bond motifs is 2. The Hall–Kier alpha value is -1.32. The van der Waals surface area contributed by atoms with Crippen molar-refractivity contribution in [1.82, 2.24) is 0 Å². The minimum Gasteiger partial charge on any atom is -0.465 e. The van der Waals surface area contributed by atoms with Gasteiger partial charge in [0.15, 0.2) is 0 Å². The second kappa shape index (κ2) is 9.86. The van der Waals surface area contributed by atoms with E-state index in [2.05, 4.69) is 96.9 Å². The molecule has 4 atom stereocenters. The molecule has 2 bridgehead atoms. The van der Waals surface area contributed by atoms with E-state index < -0.39 is 10.8 Å². The summed E-state index contributed by atoms with van der Waals surface area (Å²) in [6, 6.07) is 0. The van der Waals surface area contributed by atoms with Gasteiger partial charge in [-0.05, 0) is 52.8 Å². The highest BCUT2D eigenvalue weighted by Gasteiger charge is 2.79. The first-order chi connectivity index (χ1) is 15.8. The average molecular weight is 491 g/mol. The molecule has 0 amide bonds. The molecule has 4 nitrogen and oxygen atoms in total. The summed E-state index contributed by atoms with van der Waals surface area (Å²) in [6.45, 7) is 30.5. The smallest absolute Gasteiger partial charge is 0.314 e. The summed E-state index contributed by atoms with van der Waals surface area (Å²) in [5.41, 5.74) is 0.544. The molecule has 2 aliphatic rings. The molecule has 0 spiro atoms. The fourth-order valence-electron chi connectivity index (χ4n) is 7.46. The number of hydrogen-bond acceptors (Lipinski definition) is 4. The molecular weight excluding hydrogens is 436 g/mol. The topological polar surface area (TPSA) is 52.6 Å². The zero-order chi connectivity index (χ0) is 27.3. The molecule has 0 N–H and O–H groups in total. The first-order valence-electron chi connectivity index (χ1n) is 13.8. The van der Waals surface area contributed by atoms with Gasteiger partial charge in [-0.25, -0.2) is 0 Å². The predicted molar refractivity (Wildman–Crippen MR) is 144 cm³/mol. The van der Waals surface area contributed by atoms with Crippen molar-refractivity contribution < 1.29 is 19.1 Å². The lowest BCUT2D eigenvalue weighted by Gasteiger charge is -2.56. The van der Waals surface area contributed by atoms with Crippen LogP contribution in [0.2, 0.25) is 0 Å². The van der Waals surface area contributed by atoms with Crippen LogP contribution in [0.15, 0.2) is 11.1 Å². The van der Waals surface area contributed by atoms with Gasteiger partial charge >= 0.3 is 11.9 Å². The third kappa shape index (κ3) is 4.85. The Balaban J connectivity index is 2.89. The second-order valence-electron chi connectivity index (χ2n) is 14.9. The summed E-state index contributed by atoms with van der Waals surface area (Å²) in [4.78, 5) is 28.9. The molecule has 2 rings (SSSR count). The maximum atomic E-state index is 14.5. The Morgan fingerprint density at radius 2 is 0.971 bits per heavy atom. The van der Waals surface area contributed by atoms with Crippen LogP contribution in [0, 0.1) is 57.2 Å². The molecule has 1 fully saturated rings. The zero-order valence-corrected chi connectivity index (χ0v) is 25.2. The van der Waals surface area contributed by atoms with E-state index in [0.29, 0.717) is 25.0 Å². The quantitative estimate of drug-likeness (QED) is 0.258.